The first kappa shape index (κ1) is 14.1. The molecule has 6 nitrogen and oxygen atoms in total. The molecule has 1 heterocycles. The first-order valence-electron chi connectivity index (χ1n) is 5.65. The van der Waals surface area contributed by atoms with Crippen LogP contribution < -0.4 is 10.1 Å². The van der Waals surface area contributed by atoms with Gasteiger partial charge in [0.05, 0.1) is 32.3 Å². The number of hydrogen-bond donors (Lipinski definition) is 1. The predicted molar refractivity (Wildman–Crippen MR) is 74.7 cm³/mol. The molecule has 0 aliphatic rings. The number of hydrogen-bond acceptors (Lipinski definition) is 6. The molecule has 0 fully saturated rings. The molecule has 0 bridgehead atoms. The Morgan fingerprint density at radius 3 is 2.80 bits per heavy atom. The van der Waals surface area contributed by atoms with Crippen LogP contribution >= 0.6 is 11.6 Å². The highest BCUT2D eigenvalue weighted by Crippen LogP contribution is 2.29. The van der Waals surface area contributed by atoms with Crippen molar-refractivity contribution in [2.75, 3.05) is 19.5 Å². The number of carbonyl (C=O) groups is 1. The van der Waals surface area contributed by atoms with E-state index in [1.54, 1.807) is 25.3 Å². The highest BCUT2D eigenvalue weighted by Gasteiger charge is 2.10. The average Bonchev–Trinajstić information content (AvgIpc) is 2.47. The summed E-state index contributed by atoms with van der Waals surface area (Å²) in [5.74, 6) is 0.423. The summed E-state index contributed by atoms with van der Waals surface area (Å²) in [6, 6.07) is 5.12. The highest BCUT2D eigenvalue weighted by atomic mass is 35.5. The van der Waals surface area contributed by atoms with Crippen molar-refractivity contribution in [1.29, 1.82) is 0 Å². The normalized spacial score (nSPS) is 9.95. The van der Waals surface area contributed by atoms with E-state index in [1.807, 2.05) is 0 Å². The molecule has 0 spiro atoms. The zero-order valence-corrected chi connectivity index (χ0v) is 11.6. The van der Waals surface area contributed by atoms with Gasteiger partial charge in [-0.2, -0.15) is 0 Å². The fraction of sp³-hybridized carbons (Fsp3) is 0.154. The van der Waals surface area contributed by atoms with Gasteiger partial charge in [-0.3, -0.25) is 4.98 Å². The molecule has 0 aliphatic carbocycles. The molecule has 1 N–H and O–H groups in total. The Hall–Kier alpha value is -2.34. The summed E-state index contributed by atoms with van der Waals surface area (Å²) in [5, 5.41) is 3.54. The van der Waals surface area contributed by atoms with E-state index >= 15 is 0 Å². The molecular weight excluding hydrogens is 282 g/mol. The maximum Gasteiger partial charge on any atom is 0.358 e. The summed E-state index contributed by atoms with van der Waals surface area (Å²) >= 11 is 5.94. The zero-order valence-electron chi connectivity index (χ0n) is 10.9. The molecule has 0 saturated carbocycles. The topological polar surface area (TPSA) is 73.3 Å². The molecule has 2 rings (SSSR count). The van der Waals surface area contributed by atoms with Crippen molar-refractivity contribution in [3.05, 3.63) is 41.3 Å². The van der Waals surface area contributed by atoms with Gasteiger partial charge in [0.15, 0.2) is 5.69 Å². The summed E-state index contributed by atoms with van der Waals surface area (Å²) < 4.78 is 9.80. The number of ether oxygens (including phenoxy) is 2. The average molecular weight is 294 g/mol. The van der Waals surface area contributed by atoms with Gasteiger partial charge < -0.3 is 14.8 Å². The predicted octanol–water partition coefficient (Wildman–Crippen LogP) is 2.67. The molecule has 0 atom stereocenters. The van der Waals surface area contributed by atoms with Crippen molar-refractivity contribution in [1.82, 2.24) is 9.97 Å². The van der Waals surface area contributed by atoms with Crippen LogP contribution in [0.15, 0.2) is 30.6 Å². The number of halogens is 1. The number of nitrogens with zero attached hydrogens (tertiary/aromatic N) is 2. The molecule has 0 aliphatic heterocycles. The van der Waals surface area contributed by atoms with Crippen LogP contribution in [0.4, 0.5) is 11.5 Å². The lowest BCUT2D eigenvalue weighted by Gasteiger charge is -2.11. The Balaban J connectivity index is 2.30. The number of rotatable bonds is 4. The van der Waals surface area contributed by atoms with Crippen LogP contribution in [0, 0.1) is 0 Å². The van der Waals surface area contributed by atoms with E-state index in [-0.39, 0.29) is 5.69 Å². The van der Waals surface area contributed by atoms with E-state index in [1.165, 1.54) is 19.5 Å². The molecule has 0 unspecified atom stereocenters. The van der Waals surface area contributed by atoms with Gasteiger partial charge in [0.1, 0.15) is 11.6 Å². The Kier molecular flexibility index (Phi) is 4.37. The van der Waals surface area contributed by atoms with Crippen molar-refractivity contribution in [2.45, 2.75) is 0 Å². The van der Waals surface area contributed by atoms with Crippen LogP contribution in [0.1, 0.15) is 10.5 Å². The van der Waals surface area contributed by atoms with Gasteiger partial charge >= 0.3 is 5.97 Å². The van der Waals surface area contributed by atoms with Crippen LogP contribution in [0.25, 0.3) is 0 Å². The second kappa shape index (κ2) is 6.21. The van der Waals surface area contributed by atoms with Crippen LogP contribution in [0.3, 0.4) is 0 Å². The van der Waals surface area contributed by atoms with Gasteiger partial charge in [-0.25, -0.2) is 9.78 Å². The van der Waals surface area contributed by atoms with E-state index in [2.05, 4.69) is 20.0 Å². The number of nitrogens with one attached hydrogen (secondary N) is 1. The first-order valence-corrected chi connectivity index (χ1v) is 6.02. The van der Waals surface area contributed by atoms with Gasteiger partial charge in [0.25, 0.3) is 0 Å². The Morgan fingerprint density at radius 2 is 2.10 bits per heavy atom. The third-order valence-corrected chi connectivity index (χ3v) is 2.69. The van der Waals surface area contributed by atoms with Gasteiger partial charge in [0, 0.05) is 5.02 Å². The molecule has 1 aromatic heterocycles. The van der Waals surface area contributed by atoms with Crippen LogP contribution in [-0.4, -0.2) is 30.2 Å². The van der Waals surface area contributed by atoms with E-state index < -0.39 is 5.97 Å². The molecule has 1 aromatic carbocycles. The third kappa shape index (κ3) is 3.16. The molecule has 20 heavy (non-hydrogen) atoms. The zero-order chi connectivity index (χ0) is 14.5. The maximum absolute atomic E-state index is 11.4. The molecule has 0 saturated heterocycles. The van der Waals surface area contributed by atoms with Crippen LogP contribution in [-0.2, 0) is 4.74 Å². The second-order valence-electron chi connectivity index (χ2n) is 3.75. The summed E-state index contributed by atoms with van der Waals surface area (Å²) in [6.07, 6.45) is 2.80. The smallest absolute Gasteiger partial charge is 0.358 e. The molecule has 2 aromatic rings. The quantitative estimate of drug-likeness (QED) is 0.874. The summed E-state index contributed by atoms with van der Waals surface area (Å²) in [7, 11) is 2.83. The maximum atomic E-state index is 11.4. The van der Waals surface area contributed by atoms with Gasteiger partial charge in [-0.05, 0) is 18.2 Å². The molecule has 104 valence electrons. The van der Waals surface area contributed by atoms with E-state index in [0.29, 0.717) is 22.3 Å². The van der Waals surface area contributed by atoms with E-state index in [9.17, 15) is 4.79 Å². The third-order valence-electron chi connectivity index (χ3n) is 2.45. The van der Waals surface area contributed by atoms with Gasteiger partial charge in [-0.15, -0.1) is 0 Å². The van der Waals surface area contributed by atoms with Crippen molar-refractivity contribution in [3.63, 3.8) is 0 Å². The summed E-state index contributed by atoms with van der Waals surface area (Å²) in [5.41, 5.74) is 0.731. The lowest BCUT2D eigenvalue weighted by Crippen LogP contribution is -2.07. The van der Waals surface area contributed by atoms with Gasteiger partial charge in [-0.1, -0.05) is 11.6 Å². The van der Waals surface area contributed by atoms with Crippen molar-refractivity contribution in [3.8, 4) is 5.75 Å². The lowest BCUT2D eigenvalue weighted by atomic mass is 10.3. The number of benzene rings is 1. The van der Waals surface area contributed by atoms with Crippen LogP contribution in [0.5, 0.6) is 5.75 Å². The Morgan fingerprint density at radius 1 is 1.30 bits per heavy atom. The minimum Gasteiger partial charge on any atom is -0.495 e. The van der Waals surface area contributed by atoms with Crippen molar-refractivity contribution in [2.24, 2.45) is 0 Å². The molecular formula is C13H12ClN3O3. The number of esters is 1. The second-order valence-corrected chi connectivity index (χ2v) is 4.19. The summed E-state index contributed by atoms with van der Waals surface area (Å²) in [6.45, 7) is 0. The number of methoxy groups -OCH3 is 2. The Bertz CT molecular complexity index is 634. The highest BCUT2D eigenvalue weighted by molar-refractivity contribution is 6.31. The van der Waals surface area contributed by atoms with Crippen LogP contribution in [0.2, 0.25) is 5.02 Å². The van der Waals surface area contributed by atoms with E-state index in [4.69, 9.17) is 16.3 Å². The SMILES string of the molecule is COC(=O)c1cncc(Nc2cc(Cl)ccc2OC)n1. The fourth-order valence-electron chi connectivity index (χ4n) is 1.54. The van der Waals surface area contributed by atoms with Gasteiger partial charge in [0.2, 0.25) is 0 Å². The van der Waals surface area contributed by atoms with E-state index in [0.717, 1.165) is 0 Å². The summed E-state index contributed by atoms with van der Waals surface area (Å²) in [4.78, 5) is 19.4. The Labute approximate surface area is 120 Å². The number of aromatic nitrogens is 2. The minimum atomic E-state index is -0.556. The van der Waals surface area contributed by atoms with Crippen molar-refractivity contribution < 1.29 is 14.3 Å². The first-order chi connectivity index (χ1) is 9.63. The largest absolute Gasteiger partial charge is 0.495 e. The number of carbonyl (C=O) groups excluding carboxylic acids is 1. The fourth-order valence-corrected chi connectivity index (χ4v) is 1.72. The lowest BCUT2D eigenvalue weighted by molar-refractivity contribution is 0.0593. The molecule has 0 amide bonds. The standard InChI is InChI=1S/C13H12ClN3O3/c1-19-11-4-3-8(14)5-9(11)16-12-7-15-6-10(17-12)13(18)20-2/h3-7H,1-2H3,(H,16,17). The molecule has 0 radical (unpaired) electrons. The van der Waals surface area contributed by atoms with Crippen molar-refractivity contribution >= 4 is 29.1 Å². The number of anilines is 2. The monoisotopic (exact) mass is 293 g/mol. The minimum absolute atomic E-state index is 0.110. The molecule has 7 heteroatoms.